The Labute approximate surface area is 191 Å². The first-order valence-corrected chi connectivity index (χ1v) is 11.4. The second-order valence-corrected chi connectivity index (χ2v) is 9.16. The van der Waals surface area contributed by atoms with Gasteiger partial charge in [0.05, 0.1) is 29.0 Å². The van der Waals surface area contributed by atoms with Crippen molar-refractivity contribution >= 4 is 40.7 Å². The lowest BCUT2D eigenvalue weighted by molar-refractivity contribution is -0.136. The van der Waals surface area contributed by atoms with Gasteiger partial charge in [-0.15, -0.1) is 11.3 Å². The van der Waals surface area contributed by atoms with Crippen molar-refractivity contribution in [3.05, 3.63) is 82.7 Å². The summed E-state index contributed by atoms with van der Waals surface area (Å²) in [7, 11) is 1.30. The van der Waals surface area contributed by atoms with Crippen molar-refractivity contribution in [2.24, 2.45) is 4.99 Å². The highest BCUT2D eigenvalue weighted by molar-refractivity contribution is 7.11. The third-order valence-corrected chi connectivity index (χ3v) is 7.00. The fourth-order valence-corrected chi connectivity index (χ4v) is 5.51. The maximum absolute atomic E-state index is 13.5. The SMILES string of the molecule is COC(=O)C1=C(C)N=c2s/c(=C/c3sccc3C)c(=O)n2[C@H]1c1ccc(OC(C)=O)cc1. The highest BCUT2D eigenvalue weighted by Gasteiger charge is 2.33. The van der Waals surface area contributed by atoms with Crippen LogP contribution in [0.4, 0.5) is 0 Å². The fraction of sp³-hybridized carbons (Fsp3) is 0.217. The van der Waals surface area contributed by atoms with Gasteiger partial charge in [-0.1, -0.05) is 23.5 Å². The normalized spacial score (nSPS) is 15.9. The van der Waals surface area contributed by atoms with E-state index in [4.69, 9.17) is 9.47 Å². The summed E-state index contributed by atoms with van der Waals surface area (Å²) in [6.07, 6.45) is 1.86. The molecule has 32 heavy (non-hydrogen) atoms. The van der Waals surface area contributed by atoms with Crippen LogP contribution in [0.2, 0.25) is 0 Å². The Balaban J connectivity index is 1.92. The van der Waals surface area contributed by atoms with E-state index in [9.17, 15) is 14.4 Å². The van der Waals surface area contributed by atoms with E-state index >= 15 is 0 Å². The molecule has 2 aromatic heterocycles. The molecule has 0 saturated heterocycles. The number of aromatic nitrogens is 1. The molecule has 3 heterocycles. The Hall–Kier alpha value is -3.30. The summed E-state index contributed by atoms with van der Waals surface area (Å²) in [5.74, 6) is -0.605. The molecule has 164 valence electrons. The Morgan fingerprint density at radius 2 is 1.88 bits per heavy atom. The van der Waals surface area contributed by atoms with E-state index in [1.807, 2.05) is 24.4 Å². The number of hydrogen-bond acceptors (Lipinski definition) is 8. The Bertz CT molecular complexity index is 1420. The quantitative estimate of drug-likeness (QED) is 0.434. The number of thiazole rings is 1. The number of aryl methyl sites for hydroxylation is 1. The summed E-state index contributed by atoms with van der Waals surface area (Å²) in [5, 5.41) is 1.98. The van der Waals surface area contributed by atoms with Gasteiger partial charge in [-0.2, -0.15) is 0 Å². The van der Waals surface area contributed by atoms with Crippen LogP contribution in [0.3, 0.4) is 0 Å². The fourth-order valence-electron chi connectivity index (χ4n) is 3.54. The molecule has 0 aliphatic carbocycles. The number of esters is 2. The second kappa shape index (κ2) is 8.68. The van der Waals surface area contributed by atoms with Gasteiger partial charge >= 0.3 is 11.9 Å². The molecule has 3 aromatic rings. The minimum absolute atomic E-state index is 0.232. The lowest BCUT2D eigenvalue weighted by Crippen LogP contribution is -2.39. The molecule has 4 rings (SSSR count). The lowest BCUT2D eigenvalue weighted by atomic mass is 9.96. The number of allylic oxidation sites excluding steroid dienone is 1. The molecule has 1 atom stereocenters. The molecule has 0 unspecified atom stereocenters. The molecule has 0 bridgehead atoms. The number of ether oxygens (including phenoxy) is 2. The molecule has 7 nitrogen and oxygen atoms in total. The van der Waals surface area contributed by atoms with Crippen LogP contribution in [0.15, 0.2) is 56.8 Å². The average Bonchev–Trinajstić information content (AvgIpc) is 3.29. The maximum atomic E-state index is 13.5. The monoisotopic (exact) mass is 468 g/mol. The van der Waals surface area contributed by atoms with Gasteiger partial charge in [-0.05, 0) is 54.6 Å². The minimum Gasteiger partial charge on any atom is -0.466 e. The van der Waals surface area contributed by atoms with Crippen LogP contribution in [-0.2, 0) is 14.3 Å². The molecule has 0 fully saturated rings. The zero-order valence-electron chi connectivity index (χ0n) is 17.9. The minimum atomic E-state index is -0.711. The number of carbonyl (C=O) groups excluding carboxylic acids is 2. The zero-order chi connectivity index (χ0) is 23.0. The van der Waals surface area contributed by atoms with Gasteiger partial charge < -0.3 is 9.47 Å². The Morgan fingerprint density at radius 3 is 2.47 bits per heavy atom. The van der Waals surface area contributed by atoms with Gasteiger partial charge in [0.25, 0.3) is 5.56 Å². The van der Waals surface area contributed by atoms with Gasteiger partial charge in [0.15, 0.2) is 4.80 Å². The smallest absolute Gasteiger partial charge is 0.338 e. The largest absolute Gasteiger partial charge is 0.466 e. The van der Waals surface area contributed by atoms with E-state index in [0.717, 1.165) is 10.4 Å². The van der Waals surface area contributed by atoms with E-state index < -0.39 is 18.0 Å². The average molecular weight is 469 g/mol. The Kier molecular flexibility index (Phi) is 5.94. The van der Waals surface area contributed by atoms with Gasteiger partial charge in [-0.25, -0.2) is 9.79 Å². The molecule has 9 heteroatoms. The van der Waals surface area contributed by atoms with E-state index in [1.54, 1.807) is 42.5 Å². The Morgan fingerprint density at radius 1 is 1.16 bits per heavy atom. The van der Waals surface area contributed by atoms with Crippen molar-refractivity contribution in [2.45, 2.75) is 26.8 Å². The van der Waals surface area contributed by atoms with Gasteiger partial charge in [0, 0.05) is 11.8 Å². The number of methoxy groups -OCH3 is 1. The van der Waals surface area contributed by atoms with Crippen molar-refractivity contribution in [3.8, 4) is 5.75 Å². The number of fused-ring (bicyclic) bond motifs is 1. The molecule has 1 aliphatic rings. The van der Waals surface area contributed by atoms with Crippen LogP contribution < -0.4 is 19.6 Å². The van der Waals surface area contributed by atoms with E-state index in [-0.39, 0.29) is 5.56 Å². The molecule has 0 radical (unpaired) electrons. The molecular formula is C23H20N2O5S2. The first kappa shape index (κ1) is 21.9. The van der Waals surface area contributed by atoms with Crippen LogP contribution in [0.1, 0.15) is 35.9 Å². The second-order valence-electron chi connectivity index (χ2n) is 7.20. The van der Waals surface area contributed by atoms with Gasteiger partial charge in [0.2, 0.25) is 0 Å². The summed E-state index contributed by atoms with van der Waals surface area (Å²) in [5.41, 5.74) is 2.31. The van der Waals surface area contributed by atoms with Crippen LogP contribution >= 0.6 is 22.7 Å². The molecule has 0 amide bonds. The highest BCUT2D eigenvalue weighted by Crippen LogP contribution is 2.31. The standard InChI is InChI=1S/C23H20N2O5S2/c1-12-9-10-31-17(12)11-18-21(27)25-20(15-5-7-16(8-6-15)30-14(3)26)19(22(28)29-4)13(2)24-23(25)32-18/h5-11,20H,1-4H3/b18-11+/t20-/m0/s1. The van der Waals surface area contributed by atoms with Crippen LogP contribution in [-0.4, -0.2) is 23.6 Å². The van der Waals surface area contributed by atoms with Gasteiger partial charge in [-0.3, -0.25) is 14.2 Å². The van der Waals surface area contributed by atoms with Crippen molar-refractivity contribution in [3.63, 3.8) is 0 Å². The van der Waals surface area contributed by atoms with Crippen LogP contribution in [0.25, 0.3) is 6.08 Å². The van der Waals surface area contributed by atoms with Crippen LogP contribution in [0, 0.1) is 6.92 Å². The molecule has 0 spiro atoms. The number of thiophene rings is 1. The molecule has 1 aliphatic heterocycles. The highest BCUT2D eigenvalue weighted by atomic mass is 32.1. The third-order valence-electron chi connectivity index (χ3n) is 5.05. The summed E-state index contributed by atoms with van der Waals surface area (Å²) in [6.45, 7) is 5.04. The number of nitrogens with zero attached hydrogens (tertiary/aromatic N) is 2. The van der Waals surface area contributed by atoms with E-state index in [1.165, 1.54) is 29.9 Å². The third kappa shape index (κ3) is 3.96. The zero-order valence-corrected chi connectivity index (χ0v) is 19.5. The molecule has 0 saturated carbocycles. The number of carbonyl (C=O) groups is 2. The predicted octanol–water partition coefficient (Wildman–Crippen LogP) is 2.70. The predicted molar refractivity (Wildman–Crippen MR) is 123 cm³/mol. The van der Waals surface area contributed by atoms with E-state index in [0.29, 0.717) is 31.9 Å². The molecular weight excluding hydrogens is 448 g/mol. The van der Waals surface area contributed by atoms with Crippen molar-refractivity contribution in [2.75, 3.05) is 7.11 Å². The maximum Gasteiger partial charge on any atom is 0.338 e. The lowest BCUT2D eigenvalue weighted by Gasteiger charge is -2.24. The molecule has 1 aromatic carbocycles. The summed E-state index contributed by atoms with van der Waals surface area (Å²) < 4.78 is 12.2. The van der Waals surface area contributed by atoms with Crippen molar-refractivity contribution in [1.82, 2.24) is 4.57 Å². The molecule has 0 N–H and O–H groups in total. The van der Waals surface area contributed by atoms with Crippen molar-refractivity contribution in [1.29, 1.82) is 0 Å². The van der Waals surface area contributed by atoms with Gasteiger partial charge in [0.1, 0.15) is 5.75 Å². The first-order chi connectivity index (χ1) is 15.3. The number of hydrogen-bond donors (Lipinski definition) is 0. The number of benzene rings is 1. The van der Waals surface area contributed by atoms with E-state index in [2.05, 4.69) is 4.99 Å². The van der Waals surface area contributed by atoms with Crippen LogP contribution in [0.5, 0.6) is 5.75 Å². The summed E-state index contributed by atoms with van der Waals surface area (Å²) >= 11 is 2.84. The summed E-state index contributed by atoms with van der Waals surface area (Å²) in [6, 6.07) is 8.01. The first-order valence-electron chi connectivity index (χ1n) is 9.73. The van der Waals surface area contributed by atoms with Crippen molar-refractivity contribution < 1.29 is 19.1 Å². The number of rotatable bonds is 4. The summed E-state index contributed by atoms with van der Waals surface area (Å²) in [4.78, 5) is 43.4. The topological polar surface area (TPSA) is 87.0 Å².